The van der Waals surface area contributed by atoms with Gasteiger partial charge in [0.1, 0.15) is 0 Å². The summed E-state index contributed by atoms with van der Waals surface area (Å²) in [4.78, 5) is 0. The SMILES string of the molecule is CCCCCCC=CCCCCCCCCCCCCC(CC)(P(=O)=O)[N+](C)(C)C. The minimum Gasteiger partial charge on any atom is -0.314 e. The Morgan fingerprint density at radius 2 is 1.03 bits per heavy atom. The summed E-state index contributed by atoms with van der Waals surface area (Å²) in [5.41, 5.74) is 0. The molecule has 0 bridgehead atoms. The van der Waals surface area contributed by atoms with Gasteiger partial charge in [0.25, 0.3) is 0 Å². The van der Waals surface area contributed by atoms with Crippen LogP contribution in [0, 0.1) is 0 Å². The van der Waals surface area contributed by atoms with Gasteiger partial charge in [-0.3, -0.25) is 0 Å². The van der Waals surface area contributed by atoms with Crippen LogP contribution < -0.4 is 0 Å². The Kier molecular flexibility index (Phi) is 18.0. The van der Waals surface area contributed by atoms with Crippen molar-refractivity contribution in [2.24, 2.45) is 0 Å². The van der Waals surface area contributed by atoms with E-state index < -0.39 is 13.0 Å². The molecule has 0 aliphatic carbocycles. The van der Waals surface area contributed by atoms with Gasteiger partial charge in [-0.15, -0.1) is 0 Å². The quantitative estimate of drug-likeness (QED) is 0.0768. The van der Waals surface area contributed by atoms with E-state index in [1.807, 2.05) is 28.1 Å². The molecule has 1 unspecified atom stereocenters. The summed E-state index contributed by atoms with van der Waals surface area (Å²) in [6.45, 7) is 4.28. The van der Waals surface area contributed by atoms with Crippen LogP contribution in [0.5, 0.6) is 0 Å². The number of allylic oxidation sites excluding steroid dienone is 2. The molecule has 4 heteroatoms. The third-order valence-corrected chi connectivity index (χ3v) is 8.56. The molecule has 0 saturated carbocycles. The van der Waals surface area contributed by atoms with Gasteiger partial charge in [0.05, 0.1) is 21.1 Å². The molecule has 0 aromatic carbocycles. The van der Waals surface area contributed by atoms with E-state index in [9.17, 15) is 9.13 Å². The first-order chi connectivity index (χ1) is 14.3. The summed E-state index contributed by atoms with van der Waals surface area (Å²) in [6.07, 6.45) is 27.1. The monoisotopic (exact) mass is 442 g/mol. The third-order valence-electron chi connectivity index (χ3n) is 6.74. The van der Waals surface area contributed by atoms with Crippen molar-refractivity contribution in [1.82, 2.24) is 0 Å². The Bertz CT molecular complexity index is 486. The molecule has 0 heterocycles. The van der Waals surface area contributed by atoms with Gasteiger partial charge >= 0.3 is 7.68 Å². The second kappa shape index (κ2) is 18.2. The summed E-state index contributed by atoms with van der Waals surface area (Å²) < 4.78 is 24.4. The maximum Gasteiger partial charge on any atom is 0.378 e. The van der Waals surface area contributed by atoms with Crippen molar-refractivity contribution in [3.63, 3.8) is 0 Å². The zero-order valence-electron chi connectivity index (χ0n) is 21.1. The molecule has 30 heavy (non-hydrogen) atoms. The highest BCUT2D eigenvalue weighted by Crippen LogP contribution is 2.43. The van der Waals surface area contributed by atoms with E-state index in [2.05, 4.69) is 19.1 Å². The van der Waals surface area contributed by atoms with Gasteiger partial charge in [0.15, 0.2) is 0 Å². The van der Waals surface area contributed by atoms with Crippen LogP contribution in [-0.2, 0) is 9.13 Å². The second-order valence-corrected chi connectivity index (χ2v) is 11.3. The zero-order chi connectivity index (χ0) is 22.7. The van der Waals surface area contributed by atoms with Gasteiger partial charge < -0.3 is 4.48 Å². The predicted molar refractivity (Wildman–Crippen MR) is 133 cm³/mol. The average Bonchev–Trinajstić information content (AvgIpc) is 2.68. The van der Waals surface area contributed by atoms with E-state index >= 15 is 0 Å². The van der Waals surface area contributed by atoms with Gasteiger partial charge in [-0.2, -0.15) is 0 Å². The van der Waals surface area contributed by atoms with E-state index in [0.717, 1.165) is 19.3 Å². The summed E-state index contributed by atoms with van der Waals surface area (Å²) in [5, 5.41) is -0.598. The minimum atomic E-state index is -2.41. The molecule has 0 aliphatic heterocycles. The lowest BCUT2D eigenvalue weighted by Crippen LogP contribution is -2.53. The first kappa shape index (κ1) is 29.6. The Morgan fingerprint density at radius 3 is 1.40 bits per heavy atom. The number of hydrogen-bond donors (Lipinski definition) is 0. The molecular formula is C26H53NO2P+. The van der Waals surface area contributed by atoms with Gasteiger partial charge in [0.2, 0.25) is 5.28 Å². The van der Waals surface area contributed by atoms with Crippen LogP contribution >= 0.6 is 7.68 Å². The highest BCUT2D eigenvalue weighted by Gasteiger charge is 2.46. The van der Waals surface area contributed by atoms with Crippen molar-refractivity contribution in [1.29, 1.82) is 0 Å². The summed E-state index contributed by atoms with van der Waals surface area (Å²) in [7, 11) is 3.63. The third kappa shape index (κ3) is 13.1. The number of unbranched alkanes of at least 4 members (excludes halogenated alkanes) is 14. The number of rotatable bonds is 21. The fourth-order valence-electron chi connectivity index (χ4n) is 4.46. The molecule has 0 rings (SSSR count). The molecular weight excluding hydrogens is 389 g/mol. The Morgan fingerprint density at radius 1 is 0.633 bits per heavy atom. The summed E-state index contributed by atoms with van der Waals surface area (Å²) in [5.74, 6) is 0. The van der Waals surface area contributed by atoms with Crippen LogP contribution in [-0.4, -0.2) is 30.9 Å². The van der Waals surface area contributed by atoms with E-state index in [-0.39, 0.29) is 0 Å². The first-order valence-electron chi connectivity index (χ1n) is 12.9. The van der Waals surface area contributed by atoms with Crippen molar-refractivity contribution < 1.29 is 13.6 Å². The molecule has 178 valence electrons. The van der Waals surface area contributed by atoms with Gasteiger partial charge in [-0.05, 0) is 32.1 Å². The number of quaternary nitrogens is 1. The highest BCUT2D eigenvalue weighted by molar-refractivity contribution is 7.32. The minimum absolute atomic E-state index is 0.511. The first-order valence-corrected chi connectivity index (χ1v) is 14.1. The van der Waals surface area contributed by atoms with Crippen LogP contribution in [0.15, 0.2) is 12.2 Å². The van der Waals surface area contributed by atoms with E-state index in [4.69, 9.17) is 0 Å². The lowest BCUT2D eigenvalue weighted by molar-refractivity contribution is -0.908. The van der Waals surface area contributed by atoms with Crippen molar-refractivity contribution in [2.45, 2.75) is 135 Å². The topological polar surface area (TPSA) is 34.1 Å². The van der Waals surface area contributed by atoms with Crippen molar-refractivity contribution in [3.8, 4) is 0 Å². The Balaban J connectivity index is 3.57. The molecule has 0 aromatic rings. The Hall–Kier alpha value is -0.400. The van der Waals surface area contributed by atoms with E-state index in [1.165, 1.54) is 89.9 Å². The van der Waals surface area contributed by atoms with Gasteiger partial charge in [0, 0.05) is 12.8 Å². The zero-order valence-corrected chi connectivity index (χ0v) is 22.0. The van der Waals surface area contributed by atoms with Crippen LogP contribution in [0.4, 0.5) is 0 Å². The standard InChI is InChI=1S/C26H53NO2P/c1-6-8-9-10-11-12-13-14-15-16-17-18-19-20-21-22-23-24-25-26(7-2,30(28)29)27(3,4)5/h12-13H,6-11,14-25H2,1-5H3/q+1. The molecule has 0 amide bonds. The lowest BCUT2D eigenvalue weighted by atomic mass is 10.0. The largest absolute Gasteiger partial charge is 0.378 e. The molecule has 0 radical (unpaired) electrons. The predicted octanol–water partition coefficient (Wildman–Crippen LogP) is 9.18. The van der Waals surface area contributed by atoms with Crippen LogP contribution in [0.25, 0.3) is 0 Å². The maximum absolute atomic E-state index is 11.9. The van der Waals surface area contributed by atoms with Gasteiger partial charge in [-0.25, -0.2) is 9.13 Å². The van der Waals surface area contributed by atoms with Gasteiger partial charge in [-0.1, -0.05) is 96.6 Å². The highest BCUT2D eigenvalue weighted by atomic mass is 31.1. The fraction of sp³-hybridized carbons (Fsp3) is 0.923. The second-order valence-electron chi connectivity index (χ2n) is 10.0. The number of hydrogen-bond acceptors (Lipinski definition) is 2. The maximum atomic E-state index is 11.9. The average molecular weight is 443 g/mol. The number of nitrogens with zero attached hydrogens (tertiary/aromatic N) is 1. The normalized spacial score (nSPS) is 14.3. The Labute approximate surface area is 189 Å². The molecule has 0 fully saturated rings. The van der Waals surface area contributed by atoms with Crippen LogP contribution in [0.1, 0.15) is 129 Å². The van der Waals surface area contributed by atoms with Crippen molar-refractivity contribution in [2.75, 3.05) is 21.1 Å². The van der Waals surface area contributed by atoms with Crippen LogP contribution in [0.2, 0.25) is 0 Å². The molecule has 1 atom stereocenters. The molecule has 0 spiro atoms. The summed E-state index contributed by atoms with van der Waals surface area (Å²) in [6, 6.07) is 0. The molecule has 0 saturated heterocycles. The molecule has 0 N–H and O–H groups in total. The van der Waals surface area contributed by atoms with Crippen molar-refractivity contribution >= 4 is 7.68 Å². The van der Waals surface area contributed by atoms with Crippen molar-refractivity contribution in [3.05, 3.63) is 12.2 Å². The van der Waals surface area contributed by atoms with Crippen LogP contribution in [0.3, 0.4) is 0 Å². The molecule has 0 aromatic heterocycles. The lowest BCUT2D eigenvalue weighted by Gasteiger charge is -2.40. The summed E-state index contributed by atoms with van der Waals surface area (Å²) >= 11 is 0. The molecule has 3 nitrogen and oxygen atoms in total. The van der Waals surface area contributed by atoms with E-state index in [0.29, 0.717) is 10.9 Å². The fourth-order valence-corrected chi connectivity index (χ4v) is 5.55. The van der Waals surface area contributed by atoms with E-state index in [1.54, 1.807) is 0 Å². The smallest absolute Gasteiger partial charge is 0.314 e. The molecule has 0 aliphatic rings.